The highest BCUT2D eigenvalue weighted by Crippen LogP contribution is 2.51. The van der Waals surface area contributed by atoms with Crippen molar-refractivity contribution in [2.75, 3.05) is 0 Å². The van der Waals surface area contributed by atoms with E-state index in [9.17, 15) is 26.4 Å². The number of alkyl halides is 3. The van der Waals surface area contributed by atoms with Gasteiger partial charge in [0.1, 0.15) is 10.6 Å². The molecule has 1 fully saturated rings. The third-order valence-corrected chi connectivity index (χ3v) is 5.18. The first-order valence-electron chi connectivity index (χ1n) is 7.49. The van der Waals surface area contributed by atoms with E-state index in [1.165, 1.54) is 36.5 Å². The summed E-state index contributed by atoms with van der Waals surface area (Å²) in [5.41, 5.74) is 0.212. The Morgan fingerprint density at radius 3 is 2.58 bits per heavy atom. The molecular weight excluding hydrogens is 373 g/mol. The second kappa shape index (κ2) is 6.60. The number of para-hydroxylation sites is 1. The van der Waals surface area contributed by atoms with Gasteiger partial charge in [-0.1, -0.05) is 18.2 Å². The fourth-order valence-corrected chi connectivity index (χ4v) is 3.60. The van der Waals surface area contributed by atoms with Gasteiger partial charge < -0.3 is 4.74 Å². The molecular formula is C16H13F3N2O4S. The summed E-state index contributed by atoms with van der Waals surface area (Å²) in [6.07, 6.45) is -2.15. The number of halogens is 3. The Morgan fingerprint density at radius 1 is 1.19 bits per heavy atom. The second-order valence-electron chi connectivity index (χ2n) is 5.69. The summed E-state index contributed by atoms with van der Waals surface area (Å²) in [6, 6.07) is 8.17. The van der Waals surface area contributed by atoms with E-state index in [-0.39, 0.29) is 16.9 Å². The van der Waals surface area contributed by atoms with E-state index in [0.29, 0.717) is 0 Å². The van der Waals surface area contributed by atoms with Gasteiger partial charge >= 0.3 is 6.36 Å². The fourth-order valence-electron chi connectivity index (χ4n) is 2.61. The zero-order chi connectivity index (χ0) is 18.9. The topological polar surface area (TPSA) is 85.4 Å². The van der Waals surface area contributed by atoms with Crippen molar-refractivity contribution in [1.82, 2.24) is 9.71 Å². The molecule has 0 aliphatic heterocycles. The van der Waals surface area contributed by atoms with Crippen molar-refractivity contribution >= 4 is 15.9 Å². The van der Waals surface area contributed by atoms with Crippen molar-refractivity contribution in [2.45, 2.75) is 23.6 Å². The highest BCUT2D eigenvalue weighted by atomic mass is 32.2. The van der Waals surface area contributed by atoms with Crippen LogP contribution in [0.15, 0.2) is 53.7 Å². The second-order valence-corrected chi connectivity index (χ2v) is 7.38. The number of sulfonamides is 1. The summed E-state index contributed by atoms with van der Waals surface area (Å²) in [7, 11) is -4.08. The number of hydrogen-bond donors (Lipinski definition) is 1. The predicted octanol–water partition coefficient (Wildman–Crippen LogP) is 2.59. The Morgan fingerprint density at radius 2 is 1.92 bits per heavy atom. The van der Waals surface area contributed by atoms with E-state index in [1.54, 1.807) is 0 Å². The normalized spacial score (nSPS) is 19.7. The quantitative estimate of drug-likeness (QED) is 0.854. The van der Waals surface area contributed by atoms with Crippen molar-refractivity contribution in [1.29, 1.82) is 0 Å². The van der Waals surface area contributed by atoms with Crippen LogP contribution in [0.5, 0.6) is 5.75 Å². The molecule has 26 heavy (non-hydrogen) atoms. The number of benzene rings is 1. The van der Waals surface area contributed by atoms with E-state index in [2.05, 4.69) is 9.72 Å². The largest absolute Gasteiger partial charge is 0.573 e. The molecule has 1 saturated carbocycles. The minimum absolute atomic E-state index is 0.175. The molecule has 0 saturated heterocycles. The lowest BCUT2D eigenvalue weighted by molar-refractivity contribution is -0.274. The molecule has 1 aliphatic carbocycles. The van der Waals surface area contributed by atoms with Gasteiger partial charge in [-0.15, -0.1) is 13.2 Å². The maximum atomic E-state index is 12.5. The molecule has 1 heterocycles. The van der Waals surface area contributed by atoms with Gasteiger partial charge in [-0.3, -0.25) is 9.78 Å². The number of carbonyl (C=O) groups excluding carboxylic acids is 1. The van der Waals surface area contributed by atoms with Crippen LogP contribution in [0.2, 0.25) is 0 Å². The first kappa shape index (κ1) is 18.2. The molecule has 3 rings (SSSR count). The fraction of sp³-hybridized carbons (Fsp3) is 0.250. The van der Waals surface area contributed by atoms with Crippen LogP contribution in [0.25, 0.3) is 0 Å². The first-order chi connectivity index (χ1) is 12.2. The number of nitrogens with one attached hydrogen (secondary N) is 1. The van der Waals surface area contributed by atoms with Gasteiger partial charge in [0.25, 0.3) is 10.0 Å². The minimum Gasteiger partial charge on any atom is -0.405 e. The van der Waals surface area contributed by atoms with Crippen LogP contribution in [-0.4, -0.2) is 25.7 Å². The maximum absolute atomic E-state index is 12.5. The molecule has 1 amide bonds. The standard InChI is InChI=1S/C16H13F3N2O4S/c17-16(18,19)25-14-6-2-1-5-11(14)12-8-13(12)15(22)21-26(23,24)10-4-3-7-20-9-10/h1-7,9,12-13H,8H2,(H,21,22)/t12-,13-/m0/s1. The average Bonchev–Trinajstić information content (AvgIpc) is 3.35. The molecule has 1 aromatic heterocycles. The zero-order valence-corrected chi connectivity index (χ0v) is 13.9. The van der Waals surface area contributed by atoms with Crippen LogP contribution in [0, 0.1) is 5.92 Å². The van der Waals surface area contributed by atoms with Gasteiger partial charge in [-0.05, 0) is 36.1 Å². The molecule has 0 unspecified atom stereocenters. The monoisotopic (exact) mass is 386 g/mol. The zero-order valence-electron chi connectivity index (χ0n) is 13.1. The minimum atomic E-state index is -4.85. The molecule has 0 spiro atoms. The molecule has 2 aromatic rings. The molecule has 6 nitrogen and oxygen atoms in total. The Labute approximate surface area is 147 Å². The first-order valence-corrected chi connectivity index (χ1v) is 8.97. The molecule has 10 heteroatoms. The van der Waals surface area contributed by atoms with Crippen LogP contribution in [-0.2, 0) is 14.8 Å². The summed E-state index contributed by atoms with van der Waals surface area (Å²) in [5, 5.41) is 0. The molecule has 0 bridgehead atoms. The SMILES string of the molecule is O=C(NS(=O)(=O)c1cccnc1)[C@H]1C[C@H]1c1ccccc1OC(F)(F)F. The number of hydrogen-bond acceptors (Lipinski definition) is 5. The Balaban J connectivity index is 1.72. The molecule has 1 aromatic carbocycles. The highest BCUT2D eigenvalue weighted by molar-refractivity contribution is 7.90. The van der Waals surface area contributed by atoms with Crippen LogP contribution < -0.4 is 9.46 Å². The number of aromatic nitrogens is 1. The molecule has 2 atom stereocenters. The highest BCUT2D eigenvalue weighted by Gasteiger charge is 2.47. The number of pyridine rings is 1. The van der Waals surface area contributed by atoms with Crippen LogP contribution in [0.4, 0.5) is 13.2 Å². The maximum Gasteiger partial charge on any atom is 0.573 e. The average molecular weight is 386 g/mol. The predicted molar refractivity (Wildman–Crippen MR) is 83.5 cm³/mol. The smallest absolute Gasteiger partial charge is 0.405 e. The van der Waals surface area contributed by atoms with Crippen molar-refractivity contribution in [3.63, 3.8) is 0 Å². The van der Waals surface area contributed by atoms with Crippen LogP contribution >= 0.6 is 0 Å². The molecule has 1 N–H and O–H groups in total. The van der Waals surface area contributed by atoms with Crippen molar-refractivity contribution in [2.24, 2.45) is 5.92 Å². The Bertz CT molecular complexity index is 917. The number of rotatable bonds is 5. The Hall–Kier alpha value is -2.62. The lowest BCUT2D eigenvalue weighted by atomic mass is 10.1. The summed E-state index contributed by atoms with van der Waals surface area (Å²) in [4.78, 5) is 15.7. The van der Waals surface area contributed by atoms with E-state index >= 15 is 0 Å². The third kappa shape index (κ3) is 4.13. The van der Waals surface area contributed by atoms with Gasteiger partial charge in [-0.2, -0.15) is 0 Å². The van der Waals surface area contributed by atoms with Crippen LogP contribution in [0.3, 0.4) is 0 Å². The van der Waals surface area contributed by atoms with Gasteiger partial charge in [-0.25, -0.2) is 13.1 Å². The lowest BCUT2D eigenvalue weighted by Gasteiger charge is -2.13. The van der Waals surface area contributed by atoms with Gasteiger partial charge in [0.15, 0.2) is 0 Å². The van der Waals surface area contributed by atoms with Gasteiger partial charge in [0.05, 0.1) is 0 Å². The Kier molecular flexibility index (Phi) is 4.61. The van der Waals surface area contributed by atoms with Crippen molar-refractivity contribution < 1.29 is 31.1 Å². The molecule has 1 aliphatic rings. The van der Waals surface area contributed by atoms with Crippen molar-refractivity contribution in [3.8, 4) is 5.75 Å². The number of amides is 1. The van der Waals surface area contributed by atoms with E-state index < -0.39 is 39.9 Å². The summed E-state index contributed by atoms with van der Waals surface area (Å²) in [5.74, 6) is -2.46. The molecule has 138 valence electrons. The van der Waals surface area contributed by atoms with Gasteiger partial charge in [0.2, 0.25) is 5.91 Å². The van der Waals surface area contributed by atoms with E-state index in [4.69, 9.17) is 0 Å². The van der Waals surface area contributed by atoms with Gasteiger partial charge in [0, 0.05) is 18.3 Å². The third-order valence-electron chi connectivity index (χ3n) is 3.85. The summed E-state index contributed by atoms with van der Waals surface area (Å²) >= 11 is 0. The number of ether oxygens (including phenoxy) is 1. The lowest BCUT2D eigenvalue weighted by Crippen LogP contribution is -2.32. The van der Waals surface area contributed by atoms with Crippen LogP contribution in [0.1, 0.15) is 17.9 Å². The number of nitrogens with zero attached hydrogens (tertiary/aromatic N) is 1. The van der Waals surface area contributed by atoms with E-state index in [0.717, 1.165) is 12.3 Å². The number of carbonyl (C=O) groups is 1. The van der Waals surface area contributed by atoms with Crippen molar-refractivity contribution in [3.05, 3.63) is 54.4 Å². The molecule has 0 radical (unpaired) electrons. The van der Waals surface area contributed by atoms with E-state index in [1.807, 2.05) is 4.72 Å². The summed E-state index contributed by atoms with van der Waals surface area (Å²) in [6.45, 7) is 0. The summed E-state index contributed by atoms with van der Waals surface area (Å²) < 4.78 is 67.6.